The molecular formula is C19H21ClN2O3S. The standard InChI is InChI=1S/C19H21ClN2O3S/c1-2-25-16-9-5-14(6-10-16)19(24)22-21-18(23)4-3-13-26-17-11-7-15(20)8-12-17/h5-12H,2-4,13H2,1H3,(H,21,23)(H,22,24). The summed E-state index contributed by atoms with van der Waals surface area (Å²) in [6.45, 7) is 2.46. The second kappa shape index (κ2) is 10.7. The maximum Gasteiger partial charge on any atom is 0.269 e. The summed E-state index contributed by atoms with van der Waals surface area (Å²) in [6, 6.07) is 14.3. The molecule has 0 saturated heterocycles. The summed E-state index contributed by atoms with van der Waals surface area (Å²) in [6.07, 6.45) is 1.04. The van der Waals surface area contributed by atoms with Gasteiger partial charge in [-0.1, -0.05) is 11.6 Å². The maximum atomic E-state index is 12.0. The summed E-state index contributed by atoms with van der Waals surface area (Å²) >= 11 is 7.50. The maximum absolute atomic E-state index is 12.0. The Morgan fingerprint density at radius 2 is 1.73 bits per heavy atom. The van der Waals surface area contributed by atoms with Crippen LogP contribution < -0.4 is 15.6 Å². The topological polar surface area (TPSA) is 67.4 Å². The van der Waals surface area contributed by atoms with Gasteiger partial charge in [-0.2, -0.15) is 0 Å². The van der Waals surface area contributed by atoms with E-state index in [0.717, 1.165) is 10.6 Å². The van der Waals surface area contributed by atoms with Crippen LogP contribution in [0.25, 0.3) is 0 Å². The Morgan fingerprint density at radius 3 is 2.38 bits per heavy atom. The third-order valence-corrected chi connectivity index (χ3v) is 4.72. The fourth-order valence-corrected chi connectivity index (χ4v) is 3.06. The number of halogens is 1. The minimum atomic E-state index is -0.364. The van der Waals surface area contributed by atoms with Crippen LogP contribution in [0.4, 0.5) is 0 Å². The molecule has 2 rings (SSSR count). The highest BCUT2D eigenvalue weighted by molar-refractivity contribution is 7.99. The van der Waals surface area contributed by atoms with Crippen molar-refractivity contribution in [1.29, 1.82) is 0 Å². The summed E-state index contributed by atoms with van der Waals surface area (Å²) in [5.41, 5.74) is 5.30. The summed E-state index contributed by atoms with van der Waals surface area (Å²) in [4.78, 5) is 24.9. The highest BCUT2D eigenvalue weighted by Crippen LogP contribution is 2.21. The molecule has 2 N–H and O–H groups in total. The molecule has 0 radical (unpaired) electrons. The van der Waals surface area contributed by atoms with Gasteiger partial charge in [0.2, 0.25) is 5.91 Å². The number of nitrogens with one attached hydrogen (secondary N) is 2. The van der Waals surface area contributed by atoms with Crippen molar-refractivity contribution in [3.8, 4) is 5.75 Å². The molecule has 0 unspecified atom stereocenters. The number of hydrogen-bond donors (Lipinski definition) is 2. The molecule has 0 aliphatic rings. The Bertz CT molecular complexity index is 721. The van der Waals surface area contributed by atoms with Crippen molar-refractivity contribution in [3.63, 3.8) is 0 Å². The van der Waals surface area contributed by atoms with Crippen molar-refractivity contribution in [2.24, 2.45) is 0 Å². The Morgan fingerprint density at radius 1 is 1.04 bits per heavy atom. The van der Waals surface area contributed by atoms with E-state index < -0.39 is 0 Å². The summed E-state index contributed by atoms with van der Waals surface area (Å²) in [7, 11) is 0. The van der Waals surface area contributed by atoms with E-state index in [1.807, 2.05) is 31.2 Å². The first-order valence-electron chi connectivity index (χ1n) is 8.29. The first-order chi connectivity index (χ1) is 12.6. The van der Waals surface area contributed by atoms with Gasteiger partial charge in [0.15, 0.2) is 0 Å². The Labute approximate surface area is 162 Å². The minimum absolute atomic E-state index is 0.221. The van der Waals surface area contributed by atoms with Crippen LogP contribution in [0.15, 0.2) is 53.4 Å². The van der Waals surface area contributed by atoms with E-state index in [-0.39, 0.29) is 11.8 Å². The van der Waals surface area contributed by atoms with Crippen LogP contribution in [-0.2, 0) is 4.79 Å². The number of carbonyl (C=O) groups excluding carboxylic acids is 2. The lowest BCUT2D eigenvalue weighted by molar-refractivity contribution is -0.121. The minimum Gasteiger partial charge on any atom is -0.494 e. The molecule has 0 atom stereocenters. The molecule has 0 heterocycles. The third-order valence-electron chi connectivity index (χ3n) is 3.37. The van der Waals surface area contributed by atoms with E-state index in [1.165, 1.54) is 0 Å². The van der Waals surface area contributed by atoms with Crippen molar-refractivity contribution in [1.82, 2.24) is 10.9 Å². The molecule has 138 valence electrons. The molecule has 0 aromatic heterocycles. The van der Waals surface area contributed by atoms with Crippen LogP contribution >= 0.6 is 23.4 Å². The molecule has 2 aromatic carbocycles. The number of amides is 2. The van der Waals surface area contributed by atoms with Gasteiger partial charge >= 0.3 is 0 Å². The smallest absolute Gasteiger partial charge is 0.269 e. The van der Waals surface area contributed by atoms with Gasteiger partial charge in [0, 0.05) is 21.9 Å². The summed E-state index contributed by atoms with van der Waals surface area (Å²) in [5.74, 6) is 0.922. The lowest BCUT2D eigenvalue weighted by Gasteiger charge is -2.08. The van der Waals surface area contributed by atoms with Crippen molar-refractivity contribution < 1.29 is 14.3 Å². The van der Waals surface area contributed by atoms with E-state index in [4.69, 9.17) is 16.3 Å². The summed E-state index contributed by atoms with van der Waals surface area (Å²) in [5, 5.41) is 0.706. The molecule has 0 aliphatic carbocycles. The predicted octanol–water partition coefficient (Wildman–Crippen LogP) is 4.07. The average molecular weight is 393 g/mol. The first kappa shape index (κ1) is 20.1. The van der Waals surface area contributed by atoms with Crippen LogP contribution in [0.3, 0.4) is 0 Å². The molecule has 0 bridgehead atoms. The van der Waals surface area contributed by atoms with E-state index >= 15 is 0 Å². The second-order valence-electron chi connectivity index (χ2n) is 5.37. The zero-order valence-electron chi connectivity index (χ0n) is 14.5. The normalized spacial score (nSPS) is 10.2. The van der Waals surface area contributed by atoms with Crippen LogP contribution in [0, 0.1) is 0 Å². The highest BCUT2D eigenvalue weighted by atomic mass is 35.5. The second-order valence-corrected chi connectivity index (χ2v) is 6.97. The molecule has 2 aromatic rings. The van der Waals surface area contributed by atoms with E-state index in [1.54, 1.807) is 36.0 Å². The van der Waals surface area contributed by atoms with Crippen LogP contribution in [0.5, 0.6) is 5.75 Å². The van der Waals surface area contributed by atoms with Crippen LogP contribution in [0.2, 0.25) is 5.02 Å². The predicted molar refractivity (Wildman–Crippen MR) is 105 cm³/mol. The number of thioether (sulfide) groups is 1. The zero-order valence-corrected chi connectivity index (χ0v) is 16.0. The highest BCUT2D eigenvalue weighted by Gasteiger charge is 2.07. The fourth-order valence-electron chi connectivity index (χ4n) is 2.08. The van der Waals surface area contributed by atoms with Gasteiger partial charge < -0.3 is 4.74 Å². The van der Waals surface area contributed by atoms with Crippen LogP contribution in [0.1, 0.15) is 30.1 Å². The first-order valence-corrected chi connectivity index (χ1v) is 9.65. The molecule has 26 heavy (non-hydrogen) atoms. The van der Waals surface area contributed by atoms with Gasteiger partial charge in [-0.15, -0.1) is 11.8 Å². The third kappa shape index (κ3) is 6.98. The van der Waals surface area contributed by atoms with E-state index in [0.29, 0.717) is 35.8 Å². The number of rotatable bonds is 8. The van der Waals surface area contributed by atoms with E-state index in [9.17, 15) is 9.59 Å². The monoisotopic (exact) mass is 392 g/mol. The summed E-state index contributed by atoms with van der Waals surface area (Å²) < 4.78 is 5.32. The molecule has 7 heteroatoms. The fraction of sp³-hybridized carbons (Fsp3) is 0.263. The molecule has 0 saturated carbocycles. The van der Waals surface area contributed by atoms with Crippen molar-refractivity contribution in [3.05, 3.63) is 59.1 Å². The number of carbonyl (C=O) groups is 2. The SMILES string of the molecule is CCOc1ccc(C(=O)NNC(=O)CCCSc2ccc(Cl)cc2)cc1. The Hall–Kier alpha value is -2.18. The van der Waals surface area contributed by atoms with Crippen molar-refractivity contribution in [2.75, 3.05) is 12.4 Å². The number of hydrogen-bond acceptors (Lipinski definition) is 4. The van der Waals surface area contributed by atoms with E-state index in [2.05, 4.69) is 10.9 Å². The largest absolute Gasteiger partial charge is 0.494 e. The average Bonchev–Trinajstić information content (AvgIpc) is 2.65. The molecule has 5 nitrogen and oxygen atoms in total. The molecular weight excluding hydrogens is 372 g/mol. The lowest BCUT2D eigenvalue weighted by atomic mass is 10.2. The number of benzene rings is 2. The van der Waals surface area contributed by atoms with Crippen molar-refractivity contribution >= 4 is 35.2 Å². The Balaban J connectivity index is 1.64. The van der Waals surface area contributed by atoms with Gasteiger partial charge in [0.05, 0.1) is 6.61 Å². The zero-order chi connectivity index (χ0) is 18.8. The quantitative estimate of drug-likeness (QED) is 0.403. The van der Waals surface area contributed by atoms with Gasteiger partial charge in [0.25, 0.3) is 5.91 Å². The van der Waals surface area contributed by atoms with Gasteiger partial charge in [0.1, 0.15) is 5.75 Å². The molecule has 0 aliphatic heterocycles. The molecule has 0 spiro atoms. The Kier molecular flexibility index (Phi) is 8.31. The van der Waals surface area contributed by atoms with Crippen LogP contribution in [-0.4, -0.2) is 24.2 Å². The van der Waals surface area contributed by atoms with Gasteiger partial charge in [-0.25, -0.2) is 0 Å². The van der Waals surface area contributed by atoms with Crippen molar-refractivity contribution in [2.45, 2.75) is 24.7 Å². The van der Waals surface area contributed by atoms with Gasteiger partial charge in [-0.05, 0) is 67.6 Å². The molecule has 0 fully saturated rings. The number of ether oxygens (including phenoxy) is 1. The van der Waals surface area contributed by atoms with Gasteiger partial charge in [-0.3, -0.25) is 20.4 Å². The lowest BCUT2D eigenvalue weighted by Crippen LogP contribution is -2.41. The molecule has 2 amide bonds. The number of hydrazine groups is 1.